The Balaban J connectivity index is 1.36. The quantitative estimate of drug-likeness (QED) is 0.461. The van der Waals surface area contributed by atoms with Gasteiger partial charge in [0, 0.05) is 16.8 Å². The lowest BCUT2D eigenvalue weighted by Gasteiger charge is -2.10. The van der Waals surface area contributed by atoms with Gasteiger partial charge in [0.25, 0.3) is 11.8 Å². The van der Waals surface area contributed by atoms with Gasteiger partial charge in [0.2, 0.25) is 5.82 Å². The van der Waals surface area contributed by atoms with Crippen LogP contribution in [0.2, 0.25) is 0 Å². The number of anilines is 1. The highest BCUT2D eigenvalue weighted by molar-refractivity contribution is 5.92. The van der Waals surface area contributed by atoms with Gasteiger partial charge in [0.05, 0.1) is 0 Å². The summed E-state index contributed by atoms with van der Waals surface area (Å²) in [6.45, 7) is 5.93. The molecule has 0 bridgehead atoms. The Labute approximate surface area is 180 Å². The first-order chi connectivity index (χ1) is 15.0. The molecule has 1 amide bonds. The average molecular weight is 413 g/mol. The predicted octanol–water partition coefficient (Wildman–Crippen LogP) is 5.35. The average Bonchev–Trinajstić information content (AvgIpc) is 3.25. The number of hydrogen-bond acceptors (Lipinski definition) is 5. The van der Waals surface area contributed by atoms with E-state index in [0.29, 0.717) is 17.5 Å². The van der Waals surface area contributed by atoms with E-state index in [1.54, 1.807) is 12.1 Å². The van der Waals surface area contributed by atoms with Crippen molar-refractivity contribution >= 4 is 11.6 Å². The number of ether oxygens (including phenoxy) is 1. The van der Waals surface area contributed by atoms with Crippen LogP contribution < -0.4 is 10.1 Å². The fourth-order valence-electron chi connectivity index (χ4n) is 3.14. The van der Waals surface area contributed by atoms with Crippen LogP contribution in [0.4, 0.5) is 5.69 Å². The lowest BCUT2D eigenvalue weighted by molar-refractivity contribution is -0.118. The molecule has 156 valence electrons. The van der Waals surface area contributed by atoms with Crippen molar-refractivity contribution in [3.8, 4) is 28.6 Å². The third-order valence-corrected chi connectivity index (χ3v) is 4.86. The first-order valence-electron chi connectivity index (χ1n) is 9.99. The van der Waals surface area contributed by atoms with E-state index < -0.39 is 0 Å². The molecule has 3 aromatic carbocycles. The van der Waals surface area contributed by atoms with Crippen LogP contribution >= 0.6 is 0 Å². The second kappa shape index (κ2) is 8.83. The SMILES string of the molecule is Cc1ccc(-c2noc(-c3ccc(OCC(=O)Nc4ccc(C)cc4C)cc3)n2)cc1. The molecular formula is C25H23N3O3. The number of carbonyl (C=O) groups excluding carboxylic acids is 1. The molecule has 0 radical (unpaired) electrons. The number of benzene rings is 3. The summed E-state index contributed by atoms with van der Waals surface area (Å²) in [6, 6.07) is 21.0. The van der Waals surface area contributed by atoms with Gasteiger partial charge in [-0.15, -0.1) is 0 Å². The van der Waals surface area contributed by atoms with Gasteiger partial charge in [-0.3, -0.25) is 4.79 Å². The Morgan fingerprint density at radius 3 is 2.29 bits per heavy atom. The minimum Gasteiger partial charge on any atom is -0.484 e. The van der Waals surface area contributed by atoms with Crippen molar-refractivity contribution in [2.75, 3.05) is 11.9 Å². The maximum Gasteiger partial charge on any atom is 0.262 e. The smallest absolute Gasteiger partial charge is 0.262 e. The highest BCUT2D eigenvalue weighted by atomic mass is 16.5. The predicted molar refractivity (Wildman–Crippen MR) is 120 cm³/mol. The summed E-state index contributed by atoms with van der Waals surface area (Å²) in [7, 11) is 0. The van der Waals surface area contributed by atoms with Crippen LogP contribution in [0.1, 0.15) is 16.7 Å². The normalized spacial score (nSPS) is 10.7. The second-order valence-electron chi connectivity index (χ2n) is 7.47. The minimum atomic E-state index is -0.212. The summed E-state index contributed by atoms with van der Waals surface area (Å²) in [5.41, 5.74) is 5.80. The Hall–Kier alpha value is -3.93. The van der Waals surface area contributed by atoms with Gasteiger partial charge >= 0.3 is 0 Å². The first-order valence-corrected chi connectivity index (χ1v) is 9.99. The Morgan fingerprint density at radius 1 is 0.903 bits per heavy atom. The standard InChI is InChI=1S/C25H23N3O3/c1-16-4-7-19(8-5-16)24-27-25(31-28-24)20-9-11-21(12-10-20)30-15-23(29)26-22-13-6-17(2)14-18(22)3/h4-14H,15H2,1-3H3,(H,26,29). The number of hydrogen-bond donors (Lipinski definition) is 1. The molecule has 0 spiro atoms. The van der Waals surface area contributed by atoms with E-state index in [0.717, 1.165) is 27.9 Å². The van der Waals surface area contributed by atoms with Crippen LogP contribution in [-0.2, 0) is 4.79 Å². The number of aryl methyl sites for hydroxylation is 3. The molecule has 0 unspecified atom stereocenters. The Kier molecular flexibility index (Phi) is 5.80. The monoisotopic (exact) mass is 413 g/mol. The van der Waals surface area contributed by atoms with Crippen molar-refractivity contribution in [2.45, 2.75) is 20.8 Å². The molecule has 0 atom stereocenters. The lowest BCUT2D eigenvalue weighted by Crippen LogP contribution is -2.20. The molecule has 6 nitrogen and oxygen atoms in total. The van der Waals surface area contributed by atoms with Gasteiger partial charge in [-0.25, -0.2) is 0 Å². The fourth-order valence-corrected chi connectivity index (χ4v) is 3.14. The molecule has 0 aliphatic carbocycles. The second-order valence-corrected chi connectivity index (χ2v) is 7.47. The van der Waals surface area contributed by atoms with E-state index in [-0.39, 0.29) is 12.5 Å². The van der Waals surface area contributed by atoms with E-state index in [1.807, 2.05) is 75.4 Å². The zero-order valence-electron chi connectivity index (χ0n) is 17.7. The number of amides is 1. The molecule has 0 aliphatic heterocycles. The van der Waals surface area contributed by atoms with E-state index in [2.05, 4.69) is 15.5 Å². The molecule has 4 aromatic rings. The number of rotatable bonds is 6. The molecule has 0 fully saturated rings. The van der Waals surface area contributed by atoms with Crippen LogP contribution in [0.5, 0.6) is 5.75 Å². The molecule has 1 aromatic heterocycles. The van der Waals surface area contributed by atoms with E-state index >= 15 is 0 Å². The largest absolute Gasteiger partial charge is 0.484 e. The Morgan fingerprint density at radius 2 is 1.58 bits per heavy atom. The van der Waals surface area contributed by atoms with Crippen LogP contribution in [0.3, 0.4) is 0 Å². The fraction of sp³-hybridized carbons (Fsp3) is 0.160. The number of carbonyl (C=O) groups is 1. The molecule has 31 heavy (non-hydrogen) atoms. The van der Waals surface area contributed by atoms with Gasteiger partial charge in [0.15, 0.2) is 6.61 Å². The molecular weight excluding hydrogens is 390 g/mol. The van der Waals surface area contributed by atoms with Crippen molar-refractivity contribution in [3.63, 3.8) is 0 Å². The maximum atomic E-state index is 12.2. The van der Waals surface area contributed by atoms with Crippen molar-refractivity contribution in [1.29, 1.82) is 0 Å². The molecule has 0 saturated carbocycles. The molecule has 0 aliphatic rings. The van der Waals surface area contributed by atoms with Crippen LogP contribution in [0.25, 0.3) is 22.8 Å². The zero-order chi connectivity index (χ0) is 21.8. The molecule has 1 heterocycles. The topological polar surface area (TPSA) is 77.2 Å². The van der Waals surface area contributed by atoms with Gasteiger partial charge in [-0.05, 0) is 56.7 Å². The van der Waals surface area contributed by atoms with Crippen LogP contribution in [0, 0.1) is 20.8 Å². The zero-order valence-corrected chi connectivity index (χ0v) is 17.7. The van der Waals surface area contributed by atoms with E-state index in [9.17, 15) is 4.79 Å². The van der Waals surface area contributed by atoms with Gasteiger partial charge < -0.3 is 14.6 Å². The van der Waals surface area contributed by atoms with Gasteiger partial charge in [-0.1, -0.05) is 52.7 Å². The third-order valence-electron chi connectivity index (χ3n) is 4.86. The van der Waals surface area contributed by atoms with Gasteiger partial charge in [0.1, 0.15) is 5.75 Å². The third kappa shape index (κ3) is 4.98. The number of nitrogens with one attached hydrogen (secondary N) is 1. The summed E-state index contributed by atoms with van der Waals surface area (Å²) >= 11 is 0. The number of nitrogens with zero attached hydrogens (tertiary/aromatic N) is 2. The first kappa shape index (κ1) is 20.3. The van der Waals surface area contributed by atoms with Crippen LogP contribution in [0.15, 0.2) is 71.3 Å². The summed E-state index contributed by atoms with van der Waals surface area (Å²) in [5, 5.41) is 6.93. The van der Waals surface area contributed by atoms with Crippen LogP contribution in [-0.4, -0.2) is 22.7 Å². The minimum absolute atomic E-state index is 0.0786. The molecule has 0 saturated heterocycles. The van der Waals surface area contributed by atoms with E-state index in [1.165, 1.54) is 5.56 Å². The van der Waals surface area contributed by atoms with Gasteiger partial charge in [-0.2, -0.15) is 4.98 Å². The van der Waals surface area contributed by atoms with Crippen molar-refractivity contribution in [3.05, 3.63) is 83.4 Å². The van der Waals surface area contributed by atoms with Crippen molar-refractivity contribution in [1.82, 2.24) is 10.1 Å². The summed E-state index contributed by atoms with van der Waals surface area (Å²) in [4.78, 5) is 16.7. The summed E-state index contributed by atoms with van der Waals surface area (Å²) < 4.78 is 11.0. The highest BCUT2D eigenvalue weighted by Gasteiger charge is 2.11. The Bertz CT molecular complexity index is 1200. The summed E-state index contributed by atoms with van der Waals surface area (Å²) in [6.07, 6.45) is 0. The lowest BCUT2D eigenvalue weighted by atomic mass is 10.1. The highest BCUT2D eigenvalue weighted by Crippen LogP contribution is 2.24. The van der Waals surface area contributed by atoms with Crippen molar-refractivity contribution < 1.29 is 14.1 Å². The number of aromatic nitrogens is 2. The molecule has 6 heteroatoms. The molecule has 1 N–H and O–H groups in total. The summed E-state index contributed by atoms with van der Waals surface area (Å²) in [5.74, 6) is 1.33. The van der Waals surface area contributed by atoms with E-state index in [4.69, 9.17) is 9.26 Å². The maximum absolute atomic E-state index is 12.2. The van der Waals surface area contributed by atoms with Crippen molar-refractivity contribution in [2.24, 2.45) is 0 Å². The molecule has 4 rings (SSSR count).